The monoisotopic (exact) mass is 181 g/mol. The Bertz CT molecular complexity index is 116. The van der Waals surface area contributed by atoms with Crippen LogP contribution in [0.15, 0.2) is 0 Å². The molecule has 0 aromatic rings. The minimum Gasteiger partial charge on any atom is -0.0596 e. The normalized spacial score (nSPS) is 25.4. The Labute approximate surface area is 84.1 Å². The van der Waals surface area contributed by atoms with Crippen molar-refractivity contribution in [3.63, 3.8) is 0 Å². The van der Waals surface area contributed by atoms with Gasteiger partial charge in [-0.3, -0.25) is 0 Å². The van der Waals surface area contributed by atoms with Crippen LogP contribution in [-0.4, -0.2) is 0 Å². The van der Waals surface area contributed by atoms with Crippen LogP contribution in [0.5, 0.6) is 0 Å². The molecule has 13 heavy (non-hydrogen) atoms. The van der Waals surface area contributed by atoms with Gasteiger partial charge in [-0.2, -0.15) is 0 Å². The van der Waals surface area contributed by atoms with Crippen LogP contribution in [0.2, 0.25) is 0 Å². The largest absolute Gasteiger partial charge is 0.0596 e. The predicted molar refractivity (Wildman–Crippen MR) is 59.6 cm³/mol. The fourth-order valence-corrected chi connectivity index (χ4v) is 2.36. The van der Waals surface area contributed by atoms with E-state index >= 15 is 0 Å². The molecule has 0 amide bonds. The summed E-state index contributed by atoms with van der Waals surface area (Å²) in [4.78, 5) is 0. The van der Waals surface area contributed by atoms with Gasteiger partial charge in [0.2, 0.25) is 0 Å². The molecule has 0 aromatic heterocycles. The molecule has 0 bridgehead atoms. The molecule has 1 fully saturated rings. The summed E-state index contributed by atoms with van der Waals surface area (Å²) >= 11 is 0. The summed E-state index contributed by atoms with van der Waals surface area (Å²) in [6.45, 7) is 6.54. The van der Waals surface area contributed by atoms with E-state index in [9.17, 15) is 0 Å². The van der Waals surface area contributed by atoms with Crippen molar-refractivity contribution < 1.29 is 0 Å². The molecular formula is C13H25. The molecule has 0 N–H and O–H groups in total. The van der Waals surface area contributed by atoms with Crippen LogP contribution in [0, 0.1) is 12.3 Å². The van der Waals surface area contributed by atoms with Crippen LogP contribution in [0.1, 0.15) is 71.1 Å². The first-order valence-electron chi connectivity index (χ1n) is 6.06. The summed E-state index contributed by atoms with van der Waals surface area (Å²) in [5.41, 5.74) is 0.567. The lowest BCUT2D eigenvalue weighted by Gasteiger charge is -2.29. The van der Waals surface area contributed by atoms with Crippen molar-refractivity contribution in [2.45, 2.75) is 71.1 Å². The summed E-state index contributed by atoms with van der Waals surface area (Å²) in [6, 6.07) is 0. The second-order valence-corrected chi connectivity index (χ2v) is 5.04. The van der Waals surface area contributed by atoms with Gasteiger partial charge in [0.05, 0.1) is 0 Å². The van der Waals surface area contributed by atoms with Crippen molar-refractivity contribution in [3.05, 3.63) is 6.92 Å². The van der Waals surface area contributed by atoms with E-state index in [2.05, 4.69) is 13.8 Å². The predicted octanol–water partition coefficient (Wildman–Crippen LogP) is 4.74. The molecule has 1 aliphatic carbocycles. The Balaban J connectivity index is 2.34. The Hall–Kier alpha value is 0. The fraction of sp³-hybridized carbons (Fsp3) is 0.923. The lowest BCUT2D eigenvalue weighted by atomic mass is 9.77. The highest BCUT2D eigenvalue weighted by atomic mass is 14.3. The van der Waals surface area contributed by atoms with Crippen LogP contribution < -0.4 is 0 Å². The Morgan fingerprint density at radius 1 is 0.846 bits per heavy atom. The highest BCUT2D eigenvalue weighted by Gasteiger charge is 2.21. The quantitative estimate of drug-likeness (QED) is 0.548. The molecule has 1 radical (unpaired) electrons. The van der Waals surface area contributed by atoms with E-state index < -0.39 is 0 Å². The second-order valence-electron chi connectivity index (χ2n) is 5.04. The smallest absolute Gasteiger partial charge is 0.0326 e. The molecule has 0 spiro atoms. The maximum atomic E-state index is 4.11. The lowest BCUT2D eigenvalue weighted by molar-refractivity contribution is 0.247. The SMILES string of the molecule is [CH2]CC1(C)CCCCCCCCC1. The minimum atomic E-state index is 0.567. The highest BCUT2D eigenvalue weighted by molar-refractivity contribution is 4.76. The van der Waals surface area contributed by atoms with Gasteiger partial charge in [0.15, 0.2) is 0 Å². The average molecular weight is 181 g/mol. The zero-order valence-corrected chi connectivity index (χ0v) is 9.28. The van der Waals surface area contributed by atoms with Gasteiger partial charge in [-0.05, 0) is 24.7 Å². The van der Waals surface area contributed by atoms with Gasteiger partial charge in [0, 0.05) is 0 Å². The van der Waals surface area contributed by atoms with Gasteiger partial charge in [-0.25, -0.2) is 0 Å². The molecular weight excluding hydrogens is 156 g/mol. The Kier molecular flexibility index (Phi) is 4.83. The molecule has 0 atom stereocenters. The standard InChI is InChI=1S/C13H25/c1-3-13(2)11-9-7-5-4-6-8-10-12-13/h1,3-12H2,2H3. The van der Waals surface area contributed by atoms with Crippen molar-refractivity contribution in [2.75, 3.05) is 0 Å². The maximum Gasteiger partial charge on any atom is -0.0326 e. The molecule has 0 saturated heterocycles. The van der Waals surface area contributed by atoms with Gasteiger partial charge < -0.3 is 0 Å². The van der Waals surface area contributed by atoms with Crippen molar-refractivity contribution in [1.82, 2.24) is 0 Å². The van der Waals surface area contributed by atoms with Crippen molar-refractivity contribution in [1.29, 1.82) is 0 Å². The first-order valence-corrected chi connectivity index (χ1v) is 6.06. The van der Waals surface area contributed by atoms with Crippen molar-refractivity contribution >= 4 is 0 Å². The molecule has 1 aliphatic rings. The van der Waals surface area contributed by atoms with E-state index in [1.165, 1.54) is 57.8 Å². The molecule has 0 aromatic carbocycles. The zero-order chi connectivity index (χ0) is 9.57. The third-order valence-electron chi connectivity index (χ3n) is 3.66. The third kappa shape index (κ3) is 4.15. The molecule has 77 valence electrons. The summed E-state index contributed by atoms with van der Waals surface area (Å²) in [5, 5.41) is 0. The Morgan fingerprint density at radius 2 is 1.23 bits per heavy atom. The van der Waals surface area contributed by atoms with Crippen LogP contribution in [0.4, 0.5) is 0 Å². The van der Waals surface area contributed by atoms with E-state index in [-0.39, 0.29) is 0 Å². The number of hydrogen-bond acceptors (Lipinski definition) is 0. The average Bonchev–Trinajstić information content (AvgIpc) is 2.16. The van der Waals surface area contributed by atoms with Crippen molar-refractivity contribution in [2.24, 2.45) is 5.41 Å². The van der Waals surface area contributed by atoms with E-state index in [4.69, 9.17) is 0 Å². The fourth-order valence-electron chi connectivity index (χ4n) is 2.36. The van der Waals surface area contributed by atoms with E-state index in [0.717, 1.165) is 6.42 Å². The topological polar surface area (TPSA) is 0 Å². The zero-order valence-electron chi connectivity index (χ0n) is 9.28. The second kappa shape index (κ2) is 5.67. The molecule has 0 nitrogen and oxygen atoms in total. The first kappa shape index (κ1) is 11.1. The molecule has 0 unspecified atom stereocenters. The maximum absolute atomic E-state index is 4.11. The minimum absolute atomic E-state index is 0.567. The molecule has 1 rings (SSSR count). The van der Waals surface area contributed by atoms with Crippen molar-refractivity contribution in [3.8, 4) is 0 Å². The summed E-state index contributed by atoms with van der Waals surface area (Å²) in [7, 11) is 0. The summed E-state index contributed by atoms with van der Waals surface area (Å²) < 4.78 is 0. The number of hydrogen-bond donors (Lipinski definition) is 0. The lowest BCUT2D eigenvalue weighted by Crippen LogP contribution is -2.15. The van der Waals surface area contributed by atoms with Gasteiger partial charge in [0.25, 0.3) is 0 Å². The van der Waals surface area contributed by atoms with E-state index in [0.29, 0.717) is 5.41 Å². The van der Waals surface area contributed by atoms with Crippen LogP contribution >= 0.6 is 0 Å². The summed E-state index contributed by atoms with van der Waals surface area (Å²) in [5.74, 6) is 0. The van der Waals surface area contributed by atoms with E-state index in [1.54, 1.807) is 0 Å². The first-order chi connectivity index (χ1) is 6.27. The van der Waals surface area contributed by atoms with Gasteiger partial charge in [-0.15, -0.1) is 0 Å². The van der Waals surface area contributed by atoms with Gasteiger partial charge in [0.1, 0.15) is 0 Å². The molecule has 0 aliphatic heterocycles. The van der Waals surface area contributed by atoms with Crippen LogP contribution in [-0.2, 0) is 0 Å². The molecule has 0 heteroatoms. The Morgan fingerprint density at radius 3 is 1.62 bits per heavy atom. The third-order valence-corrected chi connectivity index (χ3v) is 3.66. The number of rotatable bonds is 1. The van der Waals surface area contributed by atoms with E-state index in [1.807, 2.05) is 0 Å². The van der Waals surface area contributed by atoms with Crippen LogP contribution in [0.3, 0.4) is 0 Å². The summed E-state index contributed by atoms with van der Waals surface area (Å²) in [6.07, 6.45) is 14.1. The highest BCUT2D eigenvalue weighted by Crippen LogP contribution is 2.35. The van der Waals surface area contributed by atoms with Gasteiger partial charge in [-0.1, -0.05) is 58.8 Å². The molecule has 0 heterocycles. The molecule has 1 saturated carbocycles. The van der Waals surface area contributed by atoms with Gasteiger partial charge >= 0.3 is 0 Å². The van der Waals surface area contributed by atoms with Crippen LogP contribution in [0.25, 0.3) is 0 Å².